The van der Waals surface area contributed by atoms with Gasteiger partial charge in [0.2, 0.25) is 0 Å². The highest BCUT2D eigenvalue weighted by molar-refractivity contribution is 5.38. The fourth-order valence-electron chi connectivity index (χ4n) is 2.06. The van der Waals surface area contributed by atoms with E-state index >= 15 is 0 Å². The fourth-order valence-corrected chi connectivity index (χ4v) is 2.06. The van der Waals surface area contributed by atoms with Crippen LogP contribution in [0.25, 0.3) is 0 Å². The van der Waals surface area contributed by atoms with Crippen LogP contribution in [0.3, 0.4) is 0 Å². The highest BCUT2D eigenvalue weighted by Crippen LogP contribution is 2.15. The summed E-state index contributed by atoms with van der Waals surface area (Å²) in [5.41, 5.74) is 1.07. The van der Waals surface area contributed by atoms with E-state index in [2.05, 4.69) is 34.3 Å². The van der Waals surface area contributed by atoms with Crippen LogP contribution in [0.1, 0.15) is 30.6 Å². The molecule has 0 saturated carbocycles. The van der Waals surface area contributed by atoms with Gasteiger partial charge in [0.15, 0.2) is 0 Å². The van der Waals surface area contributed by atoms with E-state index in [0.29, 0.717) is 0 Å². The minimum atomic E-state index is 0.729. The second-order valence-corrected chi connectivity index (χ2v) is 5.03. The summed E-state index contributed by atoms with van der Waals surface area (Å²) in [6.45, 7) is 6.69. The second-order valence-electron chi connectivity index (χ2n) is 5.03. The molecule has 0 aliphatic heterocycles. The van der Waals surface area contributed by atoms with Gasteiger partial charge in [0.25, 0.3) is 0 Å². The summed E-state index contributed by atoms with van der Waals surface area (Å²) in [4.78, 5) is 6.77. The molecule has 2 rings (SSSR count). The molecule has 4 nitrogen and oxygen atoms in total. The van der Waals surface area contributed by atoms with E-state index in [0.717, 1.165) is 49.1 Å². The molecule has 2 aromatic heterocycles. The van der Waals surface area contributed by atoms with Crippen molar-refractivity contribution < 1.29 is 4.42 Å². The Labute approximate surface area is 120 Å². The summed E-state index contributed by atoms with van der Waals surface area (Å²) in [6.07, 6.45) is 1.14. The van der Waals surface area contributed by atoms with Crippen LogP contribution in [0, 0.1) is 6.92 Å². The second kappa shape index (κ2) is 7.10. The lowest BCUT2D eigenvalue weighted by Gasteiger charge is -2.17. The summed E-state index contributed by atoms with van der Waals surface area (Å²) < 4.78 is 5.60. The molecular weight excluding hydrogens is 250 g/mol. The molecule has 4 heteroatoms. The van der Waals surface area contributed by atoms with E-state index in [-0.39, 0.29) is 0 Å². The average molecular weight is 273 g/mol. The van der Waals surface area contributed by atoms with E-state index in [1.54, 1.807) is 0 Å². The quantitative estimate of drug-likeness (QED) is 0.787. The maximum atomic E-state index is 5.60. The Hall–Kier alpha value is -1.81. The van der Waals surface area contributed by atoms with Crippen molar-refractivity contribution in [3.05, 3.63) is 47.5 Å². The molecule has 0 unspecified atom stereocenters. The largest absolute Gasteiger partial charge is 0.464 e. The first-order valence-corrected chi connectivity index (χ1v) is 7.12. The summed E-state index contributed by atoms with van der Waals surface area (Å²) in [7, 11) is 2.03. The molecule has 2 aromatic rings. The Bertz CT molecular complexity index is 536. The molecule has 108 valence electrons. The SMILES string of the molecule is CCCNCc1cccc(N(C)Cc2ccc(C)o2)n1. The third-order valence-electron chi connectivity index (χ3n) is 3.11. The van der Waals surface area contributed by atoms with Gasteiger partial charge in [-0.3, -0.25) is 0 Å². The van der Waals surface area contributed by atoms with Crippen LogP contribution < -0.4 is 10.2 Å². The van der Waals surface area contributed by atoms with Gasteiger partial charge in [-0.25, -0.2) is 4.98 Å². The smallest absolute Gasteiger partial charge is 0.129 e. The number of furan rings is 1. The van der Waals surface area contributed by atoms with Crippen LogP contribution in [0.4, 0.5) is 5.82 Å². The van der Waals surface area contributed by atoms with Gasteiger partial charge in [0.1, 0.15) is 17.3 Å². The lowest BCUT2D eigenvalue weighted by atomic mass is 10.3. The Morgan fingerprint density at radius 3 is 2.80 bits per heavy atom. The van der Waals surface area contributed by atoms with Crippen molar-refractivity contribution in [1.29, 1.82) is 0 Å². The number of aryl methyl sites for hydroxylation is 1. The molecule has 20 heavy (non-hydrogen) atoms. The van der Waals surface area contributed by atoms with Crippen molar-refractivity contribution in [3.63, 3.8) is 0 Å². The Kier molecular flexibility index (Phi) is 5.18. The van der Waals surface area contributed by atoms with E-state index in [9.17, 15) is 0 Å². The van der Waals surface area contributed by atoms with Gasteiger partial charge in [0, 0.05) is 13.6 Å². The molecule has 1 N–H and O–H groups in total. The van der Waals surface area contributed by atoms with Crippen molar-refractivity contribution in [2.45, 2.75) is 33.4 Å². The van der Waals surface area contributed by atoms with Crippen molar-refractivity contribution >= 4 is 5.82 Å². The Morgan fingerprint density at radius 1 is 1.25 bits per heavy atom. The summed E-state index contributed by atoms with van der Waals surface area (Å²) >= 11 is 0. The fraction of sp³-hybridized carbons (Fsp3) is 0.438. The number of hydrogen-bond acceptors (Lipinski definition) is 4. The van der Waals surface area contributed by atoms with Gasteiger partial charge in [0.05, 0.1) is 12.2 Å². The normalized spacial score (nSPS) is 10.8. The molecule has 0 aromatic carbocycles. The average Bonchev–Trinajstić information content (AvgIpc) is 2.85. The Balaban J connectivity index is 1.98. The minimum Gasteiger partial charge on any atom is -0.464 e. The van der Waals surface area contributed by atoms with E-state index < -0.39 is 0 Å². The van der Waals surface area contributed by atoms with Crippen LogP contribution in [-0.2, 0) is 13.1 Å². The molecule has 0 aliphatic rings. The van der Waals surface area contributed by atoms with Crippen molar-refractivity contribution in [3.8, 4) is 0 Å². The van der Waals surface area contributed by atoms with Gasteiger partial charge in [-0.1, -0.05) is 13.0 Å². The lowest BCUT2D eigenvalue weighted by molar-refractivity contribution is 0.481. The van der Waals surface area contributed by atoms with Crippen molar-refractivity contribution in [2.24, 2.45) is 0 Å². The van der Waals surface area contributed by atoms with Gasteiger partial charge < -0.3 is 14.6 Å². The monoisotopic (exact) mass is 273 g/mol. The number of rotatable bonds is 7. The summed E-state index contributed by atoms with van der Waals surface area (Å²) in [6, 6.07) is 10.1. The first-order valence-electron chi connectivity index (χ1n) is 7.12. The van der Waals surface area contributed by atoms with Crippen LogP contribution in [0.2, 0.25) is 0 Å². The van der Waals surface area contributed by atoms with Gasteiger partial charge >= 0.3 is 0 Å². The first kappa shape index (κ1) is 14.6. The zero-order valence-electron chi connectivity index (χ0n) is 12.5. The van der Waals surface area contributed by atoms with Crippen molar-refractivity contribution in [2.75, 3.05) is 18.5 Å². The zero-order chi connectivity index (χ0) is 14.4. The number of hydrogen-bond donors (Lipinski definition) is 1. The standard InChI is InChI=1S/C16H23N3O/c1-4-10-17-11-14-6-5-7-16(18-14)19(3)12-15-9-8-13(2)20-15/h5-9,17H,4,10-12H2,1-3H3. The van der Waals surface area contributed by atoms with Gasteiger partial charge in [-0.15, -0.1) is 0 Å². The molecular formula is C16H23N3O. The first-order chi connectivity index (χ1) is 9.69. The van der Waals surface area contributed by atoms with Crippen LogP contribution in [0.5, 0.6) is 0 Å². The van der Waals surface area contributed by atoms with Crippen LogP contribution in [-0.4, -0.2) is 18.6 Å². The molecule has 0 spiro atoms. The summed E-state index contributed by atoms with van der Waals surface area (Å²) in [5.74, 6) is 2.87. The molecule has 0 saturated heterocycles. The van der Waals surface area contributed by atoms with Crippen LogP contribution >= 0.6 is 0 Å². The predicted octanol–water partition coefficient (Wildman–Crippen LogP) is 3.12. The molecule has 2 heterocycles. The number of anilines is 1. The number of aromatic nitrogens is 1. The number of pyridine rings is 1. The highest BCUT2D eigenvalue weighted by Gasteiger charge is 2.07. The van der Waals surface area contributed by atoms with Gasteiger partial charge in [-0.05, 0) is 44.2 Å². The van der Waals surface area contributed by atoms with E-state index in [4.69, 9.17) is 4.42 Å². The summed E-state index contributed by atoms with van der Waals surface area (Å²) in [5, 5.41) is 3.37. The number of nitrogens with one attached hydrogen (secondary N) is 1. The lowest BCUT2D eigenvalue weighted by Crippen LogP contribution is -2.19. The predicted molar refractivity (Wildman–Crippen MR) is 81.8 cm³/mol. The number of nitrogens with zero attached hydrogens (tertiary/aromatic N) is 2. The van der Waals surface area contributed by atoms with Crippen LogP contribution in [0.15, 0.2) is 34.7 Å². The maximum absolute atomic E-state index is 5.60. The maximum Gasteiger partial charge on any atom is 0.129 e. The minimum absolute atomic E-state index is 0.729. The Morgan fingerprint density at radius 2 is 2.10 bits per heavy atom. The molecule has 0 aliphatic carbocycles. The third kappa shape index (κ3) is 4.10. The topological polar surface area (TPSA) is 41.3 Å². The van der Waals surface area contributed by atoms with E-state index in [1.807, 2.05) is 32.2 Å². The van der Waals surface area contributed by atoms with Gasteiger partial charge in [-0.2, -0.15) is 0 Å². The zero-order valence-corrected chi connectivity index (χ0v) is 12.5. The van der Waals surface area contributed by atoms with Crippen molar-refractivity contribution in [1.82, 2.24) is 10.3 Å². The third-order valence-corrected chi connectivity index (χ3v) is 3.11. The van der Waals surface area contributed by atoms with E-state index in [1.165, 1.54) is 0 Å². The molecule has 0 radical (unpaired) electrons. The highest BCUT2D eigenvalue weighted by atomic mass is 16.3. The molecule has 0 bridgehead atoms. The molecule has 0 amide bonds. The molecule has 0 fully saturated rings. The molecule has 0 atom stereocenters.